The van der Waals surface area contributed by atoms with Crippen molar-refractivity contribution in [2.24, 2.45) is 0 Å². The summed E-state index contributed by atoms with van der Waals surface area (Å²) in [4.78, 5) is 39.2. The first-order valence-corrected chi connectivity index (χ1v) is 21.5. The van der Waals surface area contributed by atoms with E-state index < -0.39 is 57.7 Å². The maximum absolute atomic E-state index is 12.2. The van der Waals surface area contributed by atoms with Gasteiger partial charge in [0.2, 0.25) is 7.75 Å². The molecule has 5 atom stereocenters. The molecule has 3 aromatic heterocycles. The van der Waals surface area contributed by atoms with Gasteiger partial charge in [0.25, 0.3) is 0 Å². The minimum absolute atomic E-state index is 0.0441. The zero-order chi connectivity index (χ0) is 42.7. The topological polar surface area (TPSA) is 317 Å². The summed E-state index contributed by atoms with van der Waals surface area (Å²) in [5.74, 6) is 0.819. The van der Waals surface area contributed by atoms with E-state index in [1.165, 1.54) is 89.6 Å². The molecule has 5 unspecified atom stereocenters. The SMILES string of the molecule is Cc1ncc(CO)c(CNP(=O)([O-])OCC2OC(n3ccc(N)nc3=O)C(O)C2O)c1O.Cc1ncc(CO)c(C[NH+]=C(NC2CCCCC2)NC2CCCCC2)c1O. The molecule has 21 heteroatoms. The van der Waals surface area contributed by atoms with Crippen LogP contribution in [0, 0.1) is 13.8 Å². The van der Waals surface area contributed by atoms with Gasteiger partial charge in [-0.25, -0.2) is 4.79 Å². The summed E-state index contributed by atoms with van der Waals surface area (Å²) >= 11 is 0. The number of aliphatic hydroxyl groups is 4. The molecule has 2 aliphatic carbocycles. The zero-order valence-corrected chi connectivity index (χ0v) is 34.3. The van der Waals surface area contributed by atoms with Crippen LogP contribution in [-0.4, -0.2) is 93.1 Å². The summed E-state index contributed by atoms with van der Waals surface area (Å²) in [6.07, 6.45) is 11.1. The van der Waals surface area contributed by atoms with Crippen LogP contribution in [0.4, 0.5) is 5.82 Å². The van der Waals surface area contributed by atoms with Gasteiger partial charge in [0, 0.05) is 47.4 Å². The van der Waals surface area contributed by atoms with E-state index in [1.807, 2.05) is 0 Å². The quantitative estimate of drug-likeness (QED) is 0.0558. The van der Waals surface area contributed by atoms with Crippen LogP contribution in [0.1, 0.15) is 104 Å². The average Bonchev–Trinajstić information content (AvgIpc) is 3.50. The second-order valence-corrected chi connectivity index (χ2v) is 16.7. The van der Waals surface area contributed by atoms with Gasteiger partial charge in [0.15, 0.2) is 6.23 Å². The molecule has 1 saturated heterocycles. The number of guanidine groups is 1. The lowest BCUT2D eigenvalue weighted by atomic mass is 9.95. The van der Waals surface area contributed by atoms with Crippen molar-refractivity contribution in [1.29, 1.82) is 0 Å². The minimum atomic E-state index is -4.71. The Labute approximate surface area is 342 Å². The standard InChI is InChI=1S/C21H34N4O2.C17H24N5O9P/c1-15-20(27)19(16(14-26)12-22-15)13-23-21(24-17-8-4-2-5-9-17)25-18-10-6-3-7-11-18;1-8-13(24)10(9(6-23)4-19-8)5-20-32(28,29)30-7-11-14(25)15(26)16(31-11)22-3-2-12(18)21-17(22)27/h12,17-18,26-27H,2-11,13-14H2,1H3,(H2,23,24,25);2-4,11,14-16,23-26H,5-7H2,1H3,(H2,18,21,27)(H2,20,28,29). The molecule has 4 heterocycles. The lowest BCUT2D eigenvalue weighted by molar-refractivity contribution is -0.480. The van der Waals surface area contributed by atoms with Gasteiger partial charge in [-0.2, -0.15) is 4.98 Å². The molecule has 0 aromatic carbocycles. The Morgan fingerprint density at radius 1 is 0.932 bits per heavy atom. The molecular formula is C38H58N9O11P. The lowest BCUT2D eigenvalue weighted by Crippen LogP contribution is -2.79. The number of aliphatic hydroxyl groups excluding tert-OH is 4. The number of hydrogen-bond acceptors (Lipinski definition) is 15. The number of aromatic nitrogens is 4. The van der Waals surface area contributed by atoms with Gasteiger partial charge >= 0.3 is 11.6 Å². The van der Waals surface area contributed by atoms with Crippen LogP contribution in [-0.2, 0) is 40.1 Å². The van der Waals surface area contributed by atoms with Crippen molar-refractivity contribution in [1.82, 2.24) is 35.2 Å². The Hall–Kier alpha value is -4.24. The van der Waals surface area contributed by atoms with E-state index >= 15 is 0 Å². The summed E-state index contributed by atoms with van der Waals surface area (Å²) in [6, 6.07) is 2.30. The minimum Gasteiger partial charge on any atom is -0.766 e. The first-order chi connectivity index (χ1) is 28.2. The number of aryl methyl sites for hydroxylation is 2. The van der Waals surface area contributed by atoms with E-state index in [-0.39, 0.29) is 40.7 Å². The Kier molecular flexibility index (Phi) is 16.6. The molecule has 3 fully saturated rings. The van der Waals surface area contributed by atoms with E-state index in [1.54, 1.807) is 13.1 Å². The molecular weight excluding hydrogens is 789 g/mol. The van der Waals surface area contributed by atoms with Crippen LogP contribution in [0.25, 0.3) is 0 Å². The van der Waals surface area contributed by atoms with E-state index in [2.05, 4.69) is 35.7 Å². The van der Waals surface area contributed by atoms with Gasteiger partial charge in [0.1, 0.15) is 35.6 Å². The summed E-state index contributed by atoms with van der Waals surface area (Å²) in [6.45, 7) is 2.09. The van der Waals surface area contributed by atoms with Crippen LogP contribution >= 0.6 is 7.75 Å². The number of pyridine rings is 2. The van der Waals surface area contributed by atoms with Gasteiger partial charge in [0.05, 0.1) is 49.8 Å². The number of nitrogen functional groups attached to an aromatic ring is 1. The fourth-order valence-electron chi connectivity index (χ4n) is 7.37. The molecule has 1 aliphatic heterocycles. The third kappa shape index (κ3) is 12.4. The predicted molar refractivity (Wildman–Crippen MR) is 212 cm³/mol. The molecule has 59 heavy (non-hydrogen) atoms. The Morgan fingerprint density at radius 2 is 1.47 bits per heavy atom. The molecule has 20 nitrogen and oxygen atoms in total. The summed E-state index contributed by atoms with van der Waals surface area (Å²) in [5, 5.41) is 69.3. The van der Waals surface area contributed by atoms with Crippen molar-refractivity contribution in [2.75, 3.05) is 12.3 Å². The maximum atomic E-state index is 12.2. The summed E-state index contributed by atoms with van der Waals surface area (Å²) < 4.78 is 23.4. The average molecular weight is 848 g/mol. The van der Waals surface area contributed by atoms with Crippen molar-refractivity contribution in [3.63, 3.8) is 0 Å². The Balaban J connectivity index is 0.000000227. The van der Waals surface area contributed by atoms with Crippen molar-refractivity contribution in [2.45, 2.75) is 141 Å². The van der Waals surface area contributed by atoms with Crippen LogP contribution in [0.3, 0.4) is 0 Å². The summed E-state index contributed by atoms with van der Waals surface area (Å²) in [5.41, 5.74) is 7.16. The number of anilines is 1. The smallest absolute Gasteiger partial charge is 0.351 e. The first kappa shape index (κ1) is 45.8. The van der Waals surface area contributed by atoms with Gasteiger partial charge in [-0.3, -0.25) is 39.8 Å². The molecule has 2 saturated carbocycles. The van der Waals surface area contributed by atoms with E-state index in [4.69, 9.17) is 15.0 Å². The highest BCUT2D eigenvalue weighted by Crippen LogP contribution is 2.37. The lowest BCUT2D eigenvalue weighted by Gasteiger charge is -2.27. The molecule has 0 amide bonds. The number of nitrogens with zero attached hydrogens (tertiary/aromatic N) is 4. The van der Waals surface area contributed by atoms with E-state index in [9.17, 15) is 44.9 Å². The number of ether oxygens (including phenoxy) is 1. The summed E-state index contributed by atoms with van der Waals surface area (Å²) in [7, 11) is -4.71. The number of nitrogens with one attached hydrogen (secondary N) is 4. The maximum Gasteiger partial charge on any atom is 0.351 e. The third-order valence-corrected chi connectivity index (χ3v) is 11.9. The first-order valence-electron chi connectivity index (χ1n) is 20.0. The highest BCUT2D eigenvalue weighted by atomic mass is 31.2. The largest absolute Gasteiger partial charge is 0.766 e. The molecule has 0 radical (unpaired) electrons. The van der Waals surface area contributed by atoms with Gasteiger partial charge < -0.3 is 50.5 Å². The van der Waals surface area contributed by atoms with Crippen LogP contribution in [0.15, 0.2) is 29.5 Å². The molecule has 12 N–H and O–H groups in total. The fourth-order valence-corrected chi connectivity index (χ4v) is 8.15. The number of hydrogen-bond donors (Lipinski definition) is 11. The van der Waals surface area contributed by atoms with Crippen molar-refractivity contribution in [3.8, 4) is 11.5 Å². The fraction of sp³-hybridized carbons (Fsp3) is 0.605. The number of aromatic hydroxyl groups is 2. The van der Waals surface area contributed by atoms with Gasteiger partial charge in [-0.05, 0) is 45.6 Å². The Morgan fingerprint density at radius 3 is 2.02 bits per heavy atom. The zero-order valence-electron chi connectivity index (χ0n) is 33.4. The van der Waals surface area contributed by atoms with E-state index in [0.717, 1.165) is 16.1 Å². The molecule has 0 bridgehead atoms. The third-order valence-electron chi connectivity index (χ3n) is 10.9. The van der Waals surface area contributed by atoms with Crippen LogP contribution in [0.5, 0.6) is 11.5 Å². The predicted octanol–water partition coefficient (Wildman–Crippen LogP) is -1.01. The Bertz CT molecular complexity index is 1970. The molecule has 3 aliphatic rings. The van der Waals surface area contributed by atoms with E-state index in [0.29, 0.717) is 29.9 Å². The number of rotatable bonds is 13. The monoisotopic (exact) mass is 847 g/mol. The molecule has 326 valence electrons. The normalized spacial score (nSPS) is 22.2. The van der Waals surface area contributed by atoms with Crippen LogP contribution < -0.4 is 37.0 Å². The van der Waals surface area contributed by atoms with Crippen molar-refractivity contribution < 1.29 is 54.4 Å². The second kappa shape index (κ2) is 21.3. The molecule has 6 rings (SSSR count). The highest BCUT2D eigenvalue weighted by Gasteiger charge is 2.44. The van der Waals surface area contributed by atoms with Crippen molar-refractivity contribution >= 4 is 19.5 Å². The second-order valence-electron chi connectivity index (χ2n) is 15.1. The van der Waals surface area contributed by atoms with Crippen LogP contribution in [0.2, 0.25) is 0 Å². The van der Waals surface area contributed by atoms with Gasteiger partial charge in [-0.1, -0.05) is 38.5 Å². The molecule has 0 spiro atoms. The van der Waals surface area contributed by atoms with Gasteiger partial charge in [-0.15, -0.1) is 0 Å². The van der Waals surface area contributed by atoms with Crippen molar-refractivity contribution in [3.05, 3.63) is 68.8 Å². The number of nitrogens with two attached hydrogens (primary N) is 1. The molecule has 3 aromatic rings. The highest BCUT2D eigenvalue weighted by molar-refractivity contribution is 7.49.